The van der Waals surface area contributed by atoms with Crippen LogP contribution in [0, 0.1) is 11.6 Å². The molecule has 1 fully saturated rings. The van der Waals surface area contributed by atoms with Crippen LogP contribution in [0.3, 0.4) is 0 Å². The summed E-state index contributed by atoms with van der Waals surface area (Å²) in [5, 5.41) is 2.86. The number of likely N-dealkylation sites (N-methyl/N-ethyl adjacent to an activating group) is 1. The molecule has 3 nitrogen and oxygen atoms in total. The Balaban J connectivity index is 2.29. The molecule has 1 aliphatic heterocycles. The highest BCUT2D eigenvalue weighted by atomic mass is 19.1. The van der Waals surface area contributed by atoms with Gasteiger partial charge in [-0.15, -0.1) is 0 Å². The van der Waals surface area contributed by atoms with Crippen LogP contribution in [-0.4, -0.2) is 25.5 Å². The molecule has 2 rings (SSSR count). The molecule has 1 amide bonds. The standard InChI is InChI=1S/C11H12F2N2O/c1-14-9-4-5-15(11(9)16)10-3-2-7(12)6-8(10)13/h2-3,6,9,14H,4-5H2,1H3. The molecule has 1 N–H and O–H groups in total. The number of hydrogen-bond donors (Lipinski definition) is 1. The van der Waals surface area contributed by atoms with E-state index in [0.717, 1.165) is 12.1 Å². The maximum atomic E-state index is 13.5. The Morgan fingerprint density at radius 2 is 2.19 bits per heavy atom. The Kier molecular flexibility index (Phi) is 2.87. The van der Waals surface area contributed by atoms with Crippen LogP contribution >= 0.6 is 0 Å². The van der Waals surface area contributed by atoms with E-state index < -0.39 is 11.6 Å². The third kappa shape index (κ3) is 1.78. The van der Waals surface area contributed by atoms with Gasteiger partial charge in [0.25, 0.3) is 0 Å². The summed E-state index contributed by atoms with van der Waals surface area (Å²) in [7, 11) is 1.69. The number of amides is 1. The first-order valence-electron chi connectivity index (χ1n) is 5.07. The summed E-state index contributed by atoms with van der Waals surface area (Å²) in [6.07, 6.45) is 0.631. The minimum atomic E-state index is -0.704. The number of hydrogen-bond acceptors (Lipinski definition) is 2. The zero-order valence-corrected chi connectivity index (χ0v) is 8.84. The van der Waals surface area contributed by atoms with Gasteiger partial charge in [0, 0.05) is 12.6 Å². The third-order valence-electron chi connectivity index (χ3n) is 2.75. The van der Waals surface area contributed by atoms with Crippen molar-refractivity contribution in [2.45, 2.75) is 12.5 Å². The molecule has 5 heteroatoms. The Morgan fingerprint density at radius 1 is 1.44 bits per heavy atom. The van der Waals surface area contributed by atoms with Crippen molar-refractivity contribution in [3.63, 3.8) is 0 Å². The summed E-state index contributed by atoms with van der Waals surface area (Å²) >= 11 is 0. The van der Waals surface area contributed by atoms with E-state index in [1.165, 1.54) is 11.0 Å². The van der Waals surface area contributed by atoms with Crippen molar-refractivity contribution in [2.75, 3.05) is 18.5 Å². The first kappa shape index (κ1) is 11.0. The van der Waals surface area contributed by atoms with Gasteiger partial charge in [-0.3, -0.25) is 4.79 Å². The fourth-order valence-corrected chi connectivity index (χ4v) is 1.89. The molecule has 0 aromatic heterocycles. The van der Waals surface area contributed by atoms with E-state index in [-0.39, 0.29) is 17.6 Å². The van der Waals surface area contributed by atoms with Gasteiger partial charge in [0.05, 0.1) is 11.7 Å². The normalized spacial score (nSPS) is 20.6. The second-order valence-electron chi connectivity index (χ2n) is 3.72. The molecule has 1 atom stereocenters. The maximum absolute atomic E-state index is 13.5. The van der Waals surface area contributed by atoms with Crippen LogP contribution < -0.4 is 10.2 Å². The summed E-state index contributed by atoms with van der Waals surface area (Å²) in [5.41, 5.74) is 0.143. The number of nitrogens with zero attached hydrogens (tertiary/aromatic N) is 1. The Morgan fingerprint density at radius 3 is 2.75 bits per heavy atom. The molecule has 0 saturated carbocycles. The minimum Gasteiger partial charge on any atom is -0.309 e. The van der Waals surface area contributed by atoms with Crippen LogP contribution in [0.2, 0.25) is 0 Å². The summed E-state index contributed by atoms with van der Waals surface area (Å²) in [5.74, 6) is -1.52. The van der Waals surface area contributed by atoms with Crippen molar-refractivity contribution < 1.29 is 13.6 Å². The molecule has 16 heavy (non-hydrogen) atoms. The van der Waals surface area contributed by atoms with E-state index in [0.29, 0.717) is 13.0 Å². The van der Waals surface area contributed by atoms with E-state index in [4.69, 9.17) is 0 Å². The predicted molar refractivity (Wildman–Crippen MR) is 56.2 cm³/mol. The van der Waals surface area contributed by atoms with E-state index in [1.54, 1.807) is 7.05 Å². The highest BCUT2D eigenvalue weighted by Crippen LogP contribution is 2.25. The van der Waals surface area contributed by atoms with Crippen LogP contribution in [0.4, 0.5) is 14.5 Å². The average Bonchev–Trinajstić information content (AvgIpc) is 2.60. The molecule has 0 aliphatic carbocycles. The van der Waals surface area contributed by atoms with Crippen LogP contribution in [0.15, 0.2) is 18.2 Å². The van der Waals surface area contributed by atoms with Crippen molar-refractivity contribution >= 4 is 11.6 Å². The molecule has 1 aromatic rings. The first-order valence-corrected chi connectivity index (χ1v) is 5.07. The van der Waals surface area contributed by atoms with Crippen LogP contribution in [0.5, 0.6) is 0 Å². The lowest BCUT2D eigenvalue weighted by atomic mass is 10.2. The fourth-order valence-electron chi connectivity index (χ4n) is 1.89. The quantitative estimate of drug-likeness (QED) is 0.824. The van der Waals surface area contributed by atoms with Crippen molar-refractivity contribution in [1.82, 2.24) is 5.32 Å². The van der Waals surface area contributed by atoms with Crippen molar-refractivity contribution in [3.8, 4) is 0 Å². The van der Waals surface area contributed by atoms with E-state index in [1.807, 2.05) is 0 Å². The third-order valence-corrected chi connectivity index (χ3v) is 2.75. The van der Waals surface area contributed by atoms with Gasteiger partial charge in [-0.05, 0) is 25.6 Å². The molecule has 0 bridgehead atoms. The van der Waals surface area contributed by atoms with E-state index >= 15 is 0 Å². The Bertz CT molecular complexity index is 422. The number of anilines is 1. The summed E-state index contributed by atoms with van der Waals surface area (Å²) in [6, 6.07) is 2.96. The van der Waals surface area contributed by atoms with Gasteiger partial charge in [0.2, 0.25) is 5.91 Å². The number of rotatable bonds is 2. The number of benzene rings is 1. The van der Waals surface area contributed by atoms with Gasteiger partial charge >= 0.3 is 0 Å². The van der Waals surface area contributed by atoms with Crippen molar-refractivity contribution in [3.05, 3.63) is 29.8 Å². The zero-order valence-electron chi connectivity index (χ0n) is 8.84. The van der Waals surface area contributed by atoms with Gasteiger partial charge in [-0.25, -0.2) is 8.78 Å². The van der Waals surface area contributed by atoms with Crippen molar-refractivity contribution in [2.24, 2.45) is 0 Å². The predicted octanol–water partition coefficient (Wildman–Crippen LogP) is 1.29. The maximum Gasteiger partial charge on any atom is 0.244 e. The first-order chi connectivity index (χ1) is 7.63. The largest absolute Gasteiger partial charge is 0.309 e. The Hall–Kier alpha value is -1.49. The van der Waals surface area contributed by atoms with Crippen LogP contribution in [0.1, 0.15) is 6.42 Å². The Labute approximate surface area is 92.1 Å². The lowest BCUT2D eigenvalue weighted by Gasteiger charge is -2.17. The molecule has 0 spiro atoms. The minimum absolute atomic E-state index is 0.143. The number of carbonyl (C=O) groups is 1. The highest BCUT2D eigenvalue weighted by molar-refractivity contribution is 5.99. The van der Waals surface area contributed by atoms with Gasteiger partial charge < -0.3 is 10.2 Å². The molecule has 1 aliphatic rings. The smallest absolute Gasteiger partial charge is 0.244 e. The van der Waals surface area contributed by atoms with Gasteiger partial charge in [0.1, 0.15) is 11.6 Å². The lowest BCUT2D eigenvalue weighted by molar-refractivity contribution is -0.118. The molecule has 1 aromatic carbocycles. The SMILES string of the molecule is CNC1CCN(c2ccc(F)cc2F)C1=O. The monoisotopic (exact) mass is 226 g/mol. The fraction of sp³-hybridized carbons (Fsp3) is 0.364. The second kappa shape index (κ2) is 4.17. The molecule has 86 valence electrons. The topological polar surface area (TPSA) is 32.3 Å². The highest BCUT2D eigenvalue weighted by Gasteiger charge is 2.32. The lowest BCUT2D eigenvalue weighted by Crippen LogP contribution is -2.36. The van der Waals surface area contributed by atoms with Crippen molar-refractivity contribution in [1.29, 1.82) is 0 Å². The zero-order chi connectivity index (χ0) is 11.7. The second-order valence-corrected chi connectivity index (χ2v) is 3.72. The van der Waals surface area contributed by atoms with Gasteiger partial charge in [-0.1, -0.05) is 0 Å². The molecule has 1 heterocycles. The molecular formula is C11H12F2N2O. The summed E-state index contributed by atoms with van der Waals surface area (Å²) in [4.78, 5) is 13.1. The molecule has 0 radical (unpaired) electrons. The molecule has 1 saturated heterocycles. The molecular weight excluding hydrogens is 214 g/mol. The van der Waals surface area contributed by atoms with Gasteiger partial charge in [0.15, 0.2) is 0 Å². The van der Waals surface area contributed by atoms with Crippen LogP contribution in [-0.2, 0) is 4.79 Å². The summed E-state index contributed by atoms with van der Waals surface area (Å²) in [6.45, 7) is 0.451. The van der Waals surface area contributed by atoms with E-state index in [2.05, 4.69) is 5.32 Å². The summed E-state index contributed by atoms with van der Waals surface area (Å²) < 4.78 is 26.2. The average molecular weight is 226 g/mol. The number of halogens is 2. The molecule has 1 unspecified atom stereocenters. The number of nitrogens with one attached hydrogen (secondary N) is 1. The van der Waals surface area contributed by atoms with E-state index in [9.17, 15) is 13.6 Å². The van der Waals surface area contributed by atoms with Gasteiger partial charge in [-0.2, -0.15) is 0 Å². The van der Waals surface area contributed by atoms with Crippen LogP contribution in [0.25, 0.3) is 0 Å². The number of carbonyl (C=O) groups excluding carboxylic acids is 1.